The monoisotopic (exact) mass is 1040 g/mol. The van der Waals surface area contributed by atoms with Gasteiger partial charge in [0.15, 0.2) is 29.1 Å². The van der Waals surface area contributed by atoms with Crippen molar-refractivity contribution in [2.24, 2.45) is 29.1 Å². The summed E-state index contributed by atoms with van der Waals surface area (Å²) in [4.78, 5) is 30.8. The molecule has 2 spiro atoms. The van der Waals surface area contributed by atoms with Gasteiger partial charge in [0.2, 0.25) is 0 Å². The Morgan fingerprint density at radius 3 is 1.88 bits per heavy atom. The second-order valence-electron chi connectivity index (χ2n) is 21.6. The smallest absolute Gasteiger partial charge is 0.212 e. The highest BCUT2D eigenvalue weighted by molar-refractivity contribution is 7.26. The lowest BCUT2D eigenvalue weighted by Gasteiger charge is -2.92. The first kappa shape index (κ1) is 45.1. The van der Waals surface area contributed by atoms with Crippen molar-refractivity contribution in [3.8, 4) is 85.3 Å². The molecule has 5 unspecified atom stereocenters. The molecule has 7 nitrogen and oxygen atoms in total. The summed E-state index contributed by atoms with van der Waals surface area (Å²) in [6.45, 7) is 0. The summed E-state index contributed by atoms with van der Waals surface area (Å²) in [5, 5.41) is 12.3. The van der Waals surface area contributed by atoms with E-state index in [9.17, 15) is 18.4 Å². The van der Waals surface area contributed by atoms with Gasteiger partial charge in [-0.25, -0.2) is 29.9 Å². The maximum absolute atomic E-state index is 13.8. The van der Waals surface area contributed by atoms with Crippen molar-refractivity contribution < 1.29 is 13.2 Å². The maximum atomic E-state index is 13.8. The van der Waals surface area contributed by atoms with Crippen LogP contribution in [0.25, 0.3) is 99.4 Å². The van der Waals surface area contributed by atoms with Gasteiger partial charge in [-0.1, -0.05) is 103 Å². The largest absolute Gasteiger partial charge is 0.416 e. The number of rotatable bonds is 7. The van der Waals surface area contributed by atoms with E-state index in [1.807, 2.05) is 60.7 Å². The van der Waals surface area contributed by atoms with E-state index in [0.717, 1.165) is 77.5 Å². The van der Waals surface area contributed by atoms with Gasteiger partial charge < -0.3 is 0 Å². The Kier molecular flexibility index (Phi) is 9.47. The quantitative estimate of drug-likeness (QED) is 0.157. The molecule has 4 saturated carbocycles. The van der Waals surface area contributed by atoms with Crippen molar-refractivity contribution in [3.05, 3.63) is 203 Å². The van der Waals surface area contributed by atoms with Gasteiger partial charge in [0, 0.05) is 69.9 Å². The Balaban J connectivity index is 0.937. The summed E-state index contributed by atoms with van der Waals surface area (Å²) in [6, 6.07) is 48.8. The highest BCUT2D eigenvalue weighted by Crippen LogP contribution is 2.95. The summed E-state index contributed by atoms with van der Waals surface area (Å²) in [5.41, 5.74) is 11.5. The average Bonchev–Trinajstić information content (AvgIpc) is 2.25. The summed E-state index contributed by atoms with van der Waals surface area (Å²) >= 11 is 8.13. The molecule has 0 bridgehead atoms. The summed E-state index contributed by atoms with van der Waals surface area (Å²) in [5.74, 6) is 5.56. The van der Waals surface area contributed by atoms with Gasteiger partial charge in [-0.2, -0.15) is 18.4 Å². The van der Waals surface area contributed by atoms with Gasteiger partial charge in [0.25, 0.3) is 0 Å². The summed E-state index contributed by atoms with van der Waals surface area (Å²) < 4.78 is 43.4. The van der Waals surface area contributed by atoms with Gasteiger partial charge >= 0.3 is 6.18 Å². The molecular weight excluding hydrogens is 1000 g/mol. The highest BCUT2D eigenvalue weighted by Gasteiger charge is 2.90. The second kappa shape index (κ2) is 16.2. The van der Waals surface area contributed by atoms with Gasteiger partial charge in [-0.15, -0.1) is 11.3 Å². The third-order valence-electron chi connectivity index (χ3n) is 18.3. The molecule has 4 fully saturated rings. The molecule has 0 N–H and O–H groups in total. The number of thiophene rings is 1. The van der Waals surface area contributed by atoms with Crippen molar-refractivity contribution >= 4 is 43.1 Å². The van der Waals surface area contributed by atoms with Gasteiger partial charge in [-0.05, 0) is 161 Å². The van der Waals surface area contributed by atoms with Gasteiger partial charge in [0.05, 0.1) is 17.2 Å². The van der Waals surface area contributed by atoms with Crippen LogP contribution < -0.4 is 0 Å². The zero-order valence-corrected chi connectivity index (χ0v) is 42.5. The van der Waals surface area contributed by atoms with Crippen LogP contribution in [0.3, 0.4) is 0 Å². The van der Waals surface area contributed by atoms with Gasteiger partial charge in [0.1, 0.15) is 5.82 Å². The van der Waals surface area contributed by atoms with E-state index in [2.05, 4.69) is 78.9 Å². The lowest BCUT2D eigenvalue weighted by molar-refractivity contribution is -0.412. The second-order valence-corrected chi connectivity index (χ2v) is 23.1. The fraction of sp³-hybridized carbons (Fsp3) is 0.185. The molecule has 0 amide bonds. The van der Waals surface area contributed by atoms with Crippen molar-refractivity contribution in [1.29, 1.82) is 5.26 Å². The number of benzene rings is 7. The first-order chi connectivity index (χ1) is 37.6. The number of hydrogen-bond donors (Lipinski definition) is 0. The molecule has 6 aliphatic rings. The lowest BCUT2D eigenvalue weighted by atomic mass is 9.11. The zero-order chi connectivity index (χ0) is 51.5. The van der Waals surface area contributed by atoms with E-state index in [1.165, 1.54) is 53.6 Å². The van der Waals surface area contributed by atoms with Crippen molar-refractivity contribution in [2.75, 3.05) is 0 Å². The molecular formula is C65H41ClF3N7S. The molecule has 370 valence electrons. The van der Waals surface area contributed by atoms with E-state index in [1.54, 1.807) is 23.5 Å². The topological polar surface area (TPSA) is 101 Å². The number of aromatic nitrogens is 6. The van der Waals surface area contributed by atoms with Crippen LogP contribution in [0.2, 0.25) is 5.02 Å². The molecule has 0 saturated heterocycles. The first-order valence-electron chi connectivity index (χ1n) is 26.1. The third kappa shape index (κ3) is 6.25. The number of fused-ring (bicyclic) bond motifs is 10. The van der Waals surface area contributed by atoms with E-state index >= 15 is 0 Å². The predicted octanol–water partition coefficient (Wildman–Crippen LogP) is 16.5. The van der Waals surface area contributed by atoms with Crippen LogP contribution in [0.4, 0.5) is 13.2 Å². The van der Waals surface area contributed by atoms with E-state index in [0.29, 0.717) is 74.8 Å². The fourth-order valence-electron chi connectivity index (χ4n) is 15.1. The van der Waals surface area contributed by atoms with Crippen molar-refractivity contribution in [1.82, 2.24) is 29.9 Å². The molecule has 0 radical (unpaired) electrons. The molecule has 3 aromatic heterocycles. The Labute approximate surface area is 449 Å². The van der Waals surface area contributed by atoms with Crippen molar-refractivity contribution in [3.63, 3.8) is 0 Å². The zero-order valence-electron chi connectivity index (χ0n) is 40.9. The molecule has 6 aliphatic carbocycles. The Morgan fingerprint density at radius 2 is 1.19 bits per heavy atom. The SMILES string of the molecule is N#Cc1ccc(-c2nc(-c3ccc(Cl)cc3)nc(-c3ccc4c(sc5cccc(-c6nc(-c7ccc(C(F)(F)F)cc7)nc(C7C=CC=CC7)n6)c54)c3-c3ccc4c(c3)C3(c5ccccc5-4)C4CC5CC6CC3C564)n2)cc1. The normalized spacial score (nSPS) is 23.8. The maximum Gasteiger partial charge on any atom is 0.416 e. The number of hydrogen-bond acceptors (Lipinski definition) is 8. The Hall–Kier alpha value is -8.17. The third-order valence-corrected chi connectivity index (χ3v) is 19.8. The molecule has 10 aromatic rings. The Bertz CT molecular complexity index is 4270. The van der Waals surface area contributed by atoms with Crippen molar-refractivity contribution in [2.45, 2.75) is 43.2 Å². The van der Waals surface area contributed by atoms with Crippen LogP contribution in [-0.4, -0.2) is 29.9 Å². The fourth-order valence-corrected chi connectivity index (χ4v) is 16.5. The summed E-state index contributed by atoms with van der Waals surface area (Å²) in [6.07, 6.45) is 8.23. The number of nitriles is 1. The number of nitrogens with zero attached hydrogens (tertiary/aromatic N) is 7. The molecule has 12 heteroatoms. The Morgan fingerprint density at radius 1 is 0.584 bits per heavy atom. The van der Waals surface area contributed by atoms with E-state index < -0.39 is 11.7 Å². The van der Waals surface area contributed by atoms with Gasteiger partial charge in [-0.3, -0.25) is 0 Å². The van der Waals surface area contributed by atoms with Crippen LogP contribution in [0.5, 0.6) is 0 Å². The summed E-state index contributed by atoms with van der Waals surface area (Å²) in [7, 11) is 0. The van der Waals surface area contributed by atoms with Crippen LogP contribution in [-0.2, 0) is 11.6 Å². The minimum atomic E-state index is -4.49. The average molecular weight is 1040 g/mol. The molecule has 0 aliphatic heterocycles. The van der Waals surface area contributed by atoms with Crippen LogP contribution in [0.15, 0.2) is 170 Å². The molecule has 5 atom stereocenters. The minimum Gasteiger partial charge on any atom is -0.212 e. The van der Waals surface area contributed by atoms with Crippen LogP contribution in [0.1, 0.15) is 59.7 Å². The first-order valence-corrected chi connectivity index (χ1v) is 27.3. The van der Waals surface area contributed by atoms with Crippen LogP contribution in [0, 0.1) is 40.4 Å². The molecule has 16 rings (SSSR count). The van der Waals surface area contributed by atoms with Crippen LogP contribution >= 0.6 is 22.9 Å². The minimum absolute atomic E-state index is 0.0289. The predicted molar refractivity (Wildman–Crippen MR) is 296 cm³/mol. The number of halogens is 4. The molecule has 3 heterocycles. The standard InChI is InChI=1S/C65H41ClF3N7S/c66-43-24-19-38(20-25-43)60-72-58(36-15-13-34(33-70)14-16-36)75-62(76-60)48-28-27-46-55-47(61-73-57(35-7-2-1-3-8-35)71-59(74-61)37-17-22-40(23-18-37)65(67,68)69)10-6-12-51(55)77-56(46)54(48)39-21-26-45-44-9-4-5-11-49(44)64(50(45)29-39)52-31-41-30-42-32-53(64)63(41,42)52/h1-7,9-29,35,41-42,52-53H,8,30-32H2. The number of alkyl halides is 3. The highest BCUT2D eigenvalue weighted by atomic mass is 35.5. The molecule has 77 heavy (non-hydrogen) atoms. The number of allylic oxidation sites excluding steroid dienone is 4. The van der Waals surface area contributed by atoms with E-state index in [-0.39, 0.29) is 11.3 Å². The van der Waals surface area contributed by atoms with E-state index in [4.69, 9.17) is 41.5 Å². The lowest BCUT2D eigenvalue weighted by Crippen LogP contribution is -2.88. The molecule has 7 aromatic carbocycles.